The molecular formula is C14H18N2O3S. The topological polar surface area (TPSA) is 81.4 Å². The van der Waals surface area contributed by atoms with Gasteiger partial charge < -0.3 is 10.5 Å². The molecular weight excluding hydrogens is 276 g/mol. The number of sulfonamides is 1. The summed E-state index contributed by atoms with van der Waals surface area (Å²) >= 11 is 0. The maximum absolute atomic E-state index is 12.4. The lowest BCUT2D eigenvalue weighted by Crippen LogP contribution is -2.31. The molecule has 0 bridgehead atoms. The lowest BCUT2D eigenvalue weighted by molar-refractivity contribution is 0.122. The summed E-state index contributed by atoms with van der Waals surface area (Å²) in [6.07, 6.45) is -0.185. The Morgan fingerprint density at radius 2 is 2.05 bits per heavy atom. The van der Waals surface area contributed by atoms with E-state index in [-0.39, 0.29) is 17.5 Å². The Bertz CT molecular complexity index is 713. The first-order chi connectivity index (χ1) is 9.44. The predicted octanol–water partition coefficient (Wildman–Crippen LogP) is 1.74. The lowest BCUT2D eigenvalue weighted by Gasteiger charge is -2.13. The number of nitrogen functional groups attached to an aromatic ring is 1. The van der Waals surface area contributed by atoms with Crippen molar-refractivity contribution in [2.75, 3.05) is 19.4 Å². The average Bonchev–Trinajstić information content (AvgIpc) is 2.43. The zero-order valence-electron chi connectivity index (χ0n) is 11.5. The molecule has 0 aromatic heterocycles. The number of hydrogen-bond acceptors (Lipinski definition) is 4. The summed E-state index contributed by atoms with van der Waals surface area (Å²) in [4.78, 5) is 0.248. The van der Waals surface area contributed by atoms with Gasteiger partial charge in [-0.25, -0.2) is 13.1 Å². The summed E-state index contributed by atoms with van der Waals surface area (Å²) in [6, 6.07) is 10.3. The Morgan fingerprint density at radius 1 is 1.30 bits per heavy atom. The fraction of sp³-hybridized carbons (Fsp3) is 0.286. The molecule has 20 heavy (non-hydrogen) atoms. The standard InChI is InChI=1S/C14H18N2O3S/c1-10(19-2)9-16-20(17,18)14-5-3-4-11-8-12(15)6-7-13(11)14/h3-8,10,16H,9,15H2,1-2H3. The molecule has 0 aliphatic heterocycles. The minimum atomic E-state index is -3.58. The highest BCUT2D eigenvalue weighted by Crippen LogP contribution is 2.24. The maximum atomic E-state index is 12.4. The summed E-state index contributed by atoms with van der Waals surface area (Å²) < 4.78 is 32.3. The fourth-order valence-corrected chi connectivity index (χ4v) is 3.24. The van der Waals surface area contributed by atoms with E-state index >= 15 is 0 Å². The van der Waals surface area contributed by atoms with Gasteiger partial charge in [-0.1, -0.05) is 18.2 Å². The van der Waals surface area contributed by atoms with E-state index in [0.29, 0.717) is 11.1 Å². The van der Waals surface area contributed by atoms with Gasteiger partial charge in [0.1, 0.15) is 0 Å². The van der Waals surface area contributed by atoms with Gasteiger partial charge >= 0.3 is 0 Å². The van der Waals surface area contributed by atoms with Crippen LogP contribution in [-0.2, 0) is 14.8 Å². The van der Waals surface area contributed by atoms with E-state index in [9.17, 15) is 8.42 Å². The number of methoxy groups -OCH3 is 1. The third-order valence-corrected chi connectivity index (χ3v) is 4.60. The smallest absolute Gasteiger partial charge is 0.241 e. The van der Waals surface area contributed by atoms with Crippen molar-refractivity contribution in [3.8, 4) is 0 Å². The van der Waals surface area contributed by atoms with Crippen molar-refractivity contribution in [1.29, 1.82) is 0 Å². The highest BCUT2D eigenvalue weighted by molar-refractivity contribution is 7.89. The number of nitrogens with two attached hydrogens (primary N) is 1. The molecule has 2 aromatic rings. The third kappa shape index (κ3) is 3.09. The number of hydrogen-bond donors (Lipinski definition) is 2. The number of fused-ring (bicyclic) bond motifs is 1. The van der Waals surface area contributed by atoms with Gasteiger partial charge in [-0.2, -0.15) is 0 Å². The molecule has 5 nitrogen and oxygen atoms in total. The molecule has 1 unspecified atom stereocenters. The molecule has 1 atom stereocenters. The van der Waals surface area contributed by atoms with E-state index in [1.807, 2.05) is 6.07 Å². The highest BCUT2D eigenvalue weighted by atomic mass is 32.2. The number of ether oxygens (including phenoxy) is 1. The van der Waals surface area contributed by atoms with Gasteiger partial charge in [0.25, 0.3) is 0 Å². The van der Waals surface area contributed by atoms with Crippen molar-refractivity contribution < 1.29 is 13.2 Å². The van der Waals surface area contributed by atoms with Crippen LogP contribution in [0, 0.1) is 0 Å². The Balaban J connectivity index is 2.41. The molecule has 0 fully saturated rings. The molecule has 2 aromatic carbocycles. The van der Waals surface area contributed by atoms with Crippen LogP contribution in [0.5, 0.6) is 0 Å². The van der Waals surface area contributed by atoms with Gasteiger partial charge in [0.2, 0.25) is 10.0 Å². The summed E-state index contributed by atoms with van der Waals surface area (Å²) in [5.74, 6) is 0. The highest BCUT2D eigenvalue weighted by Gasteiger charge is 2.17. The first kappa shape index (κ1) is 14.8. The normalized spacial score (nSPS) is 13.5. The average molecular weight is 294 g/mol. The number of rotatable bonds is 5. The number of nitrogens with one attached hydrogen (secondary N) is 1. The zero-order valence-corrected chi connectivity index (χ0v) is 12.3. The van der Waals surface area contributed by atoms with Crippen molar-refractivity contribution in [3.05, 3.63) is 36.4 Å². The molecule has 0 saturated carbocycles. The van der Waals surface area contributed by atoms with Gasteiger partial charge in [-0.15, -0.1) is 0 Å². The first-order valence-corrected chi connectivity index (χ1v) is 7.73. The molecule has 0 aliphatic carbocycles. The molecule has 108 valence electrons. The lowest BCUT2D eigenvalue weighted by atomic mass is 10.1. The SMILES string of the molecule is COC(C)CNS(=O)(=O)c1cccc2cc(N)ccc12. The number of anilines is 1. The van der Waals surface area contributed by atoms with Gasteiger partial charge in [0, 0.05) is 24.7 Å². The summed E-state index contributed by atoms with van der Waals surface area (Å²) in [5.41, 5.74) is 6.32. The monoisotopic (exact) mass is 294 g/mol. The second-order valence-corrected chi connectivity index (χ2v) is 6.37. The van der Waals surface area contributed by atoms with Gasteiger partial charge in [0.05, 0.1) is 11.0 Å². The van der Waals surface area contributed by atoms with E-state index in [1.165, 1.54) is 0 Å². The van der Waals surface area contributed by atoms with E-state index in [1.54, 1.807) is 44.4 Å². The first-order valence-electron chi connectivity index (χ1n) is 6.25. The van der Waals surface area contributed by atoms with Gasteiger partial charge in [-0.3, -0.25) is 0 Å². The van der Waals surface area contributed by atoms with Crippen LogP contribution in [0.3, 0.4) is 0 Å². The fourth-order valence-electron chi connectivity index (χ4n) is 1.89. The number of benzene rings is 2. The molecule has 2 rings (SSSR count). The van der Waals surface area contributed by atoms with Crippen LogP contribution in [0.25, 0.3) is 10.8 Å². The molecule has 6 heteroatoms. The summed E-state index contributed by atoms with van der Waals surface area (Å²) in [7, 11) is -2.03. The molecule has 0 aliphatic rings. The van der Waals surface area contributed by atoms with Gasteiger partial charge in [-0.05, 0) is 30.5 Å². The van der Waals surface area contributed by atoms with E-state index < -0.39 is 10.0 Å². The molecule has 0 saturated heterocycles. The third-order valence-electron chi connectivity index (χ3n) is 3.12. The predicted molar refractivity (Wildman–Crippen MR) is 80.0 cm³/mol. The molecule has 0 radical (unpaired) electrons. The maximum Gasteiger partial charge on any atom is 0.241 e. The Morgan fingerprint density at radius 3 is 2.75 bits per heavy atom. The van der Waals surface area contributed by atoms with Crippen LogP contribution in [0.15, 0.2) is 41.3 Å². The van der Waals surface area contributed by atoms with E-state index in [4.69, 9.17) is 10.5 Å². The minimum absolute atomic E-state index is 0.185. The summed E-state index contributed by atoms with van der Waals surface area (Å²) in [6.45, 7) is 2.02. The van der Waals surface area contributed by atoms with Crippen LogP contribution in [0.4, 0.5) is 5.69 Å². The van der Waals surface area contributed by atoms with Crippen molar-refractivity contribution in [2.24, 2.45) is 0 Å². The van der Waals surface area contributed by atoms with Crippen molar-refractivity contribution in [1.82, 2.24) is 4.72 Å². The second kappa shape index (κ2) is 5.78. The van der Waals surface area contributed by atoms with E-state index in [0.717, 1.165) is 5.39 Å². The second-order valence-electron chi connectivity index (χ2n) is 4.63. The van der Waals surface area contributed by atoms with Crippen LogP contribution in [0.1, 0.15) is 6.92 Å². The minimum Gasteiger partial charge on any atom is -0.399 e. The van der Waals surface area contributed by atoms with Crippen LogP contribution >= 0.6 is 0 Å². The largest absolute Gasteiger partial charge is 0.399 e. The molecule has 0 amide bonds. The van der Waals surface area contributed by atoms with Crippen LogP contribution in [-0.4, -0.2) is 28.2 Å². The Labute approximate surface area is 118 Å². The van der Waals surface area contributed by atoms with Crippen LogP contribution in [0.2, 0.25) is 0 Å². The Kier molecular flexibility index (Phi) is 4.27. The molecule has 0 spiro atoms. The molecule has 3 N–H and O–H groups in total. The quantitative estimate of drug-likeness (QED) is 0.823. The van der Waals surface area contributed by atoms with Gasteiger partial charge in [0.15, 0.2) is 0 Å². The van der Waals surface area contributed by atoms with Crippen LogP contribution < -0.4 is 10.5 Å². The van der Waals surface area contributed by atoms with Crippen molar-refractivity contribution >= 4 is 26.5 Å². The van der Waals surface area contributed by atoms with E-state index in [2.05, 4.69) is 4.72 Å². The van der Waals surface area contributed by atoms with Crippen molar-refractivity contribution in [2.45, 2.75) is 17.9 Å². The molecule has 0 heterocycles. The zero-order chi connectivity index (χ0) is 14.8. The van der Waals surface area contributed by atoms with Crippen molar-refractivity contribution in [3.63, 3.8) is 0 Å². The Hall–Kier alpha value is -1.63. The summed E-state index contributed by atoms with van der Waals surface area (Å²) in [5, 5.41) is 1.45.